The van der Waals surface area contributed by atoms with Gasteiger partial charge in [0.15, 0.2) is 0 Å². The number of hydrogen-bond donors (Lipinski definition) is 3. The number of hydrogen-bond acceptors (Lipinski definition) is 2. The van der Waals surface area contributed by atoms with Crippen LogP contribution in [0.1, 0.15) is 10.4 Å². The Hall–Kier alpha value is -3.52. The molecule has 0 radical (unpaired) electrons. The molecule has 0 bridgehead atoms. The van der Waals surface area contributed by atoms with Crippen LogP contribution in [0.4, 0.5) is 35.0 Å². The van der Waals surface area contributed by atoms with Crippen LogP contribution in [0.25, 0.3) is 0 Å². The molecule has 0 fully saturated rings. The Bertz CT molecular complexity index is 1090. The second-order valence-electron chi connectivity index (χ2n) is 5.86. The molecule has 0 aromatic heterocycles. The number of anilines is 3. The average Bonchev–Trinajstić information content (AvgIpc) is 2.66. The largest absolute Gasteiger partial charge is 0.323 e. The second kappa shape index (κ2) is 8.66. The van der Waals surface area contributed by atoms with Crippen LogP contribution in [-0.4, -0.2) is 11.9 Å². The van der Waals surface area contributed by atoms with E-state index in [4.69, 9.17) is 11.6 Å². The van der Waals surface area contributed by atoms with E-state index in [1.165, 1.54) is 30.3 Å². The maximum absolute atomic E-state index is 13.9. The monoisotopic (exact) mass is 419 g/mol. The van der Waals surface area contributed by atoms with Crippen LogP contribution in [0.2, 0.25) is 5.02 Å². The molecule has 3 aromatic carbocycles. The minimum atomic E-state index is -0.885. The van der Waals surface area contributed by atoms with Gasteiger partial charge in [-0.25, -0.2) is 18.0 Å². The van der Waals surface area contributed by atoms with E-state index in [-0.39, 0.29) is 27.6 Å². The third-order valence-corrected chi connectivity index (χ3v) is 3.97. The van der Waals surface area contributed by atoms with Crippen molar-refractivity contribution in [2.45, 2.75) is 0 Å². The Labute approximate surface area is 168 Å². The summed E-state index contributed by atoms with van der Waals surface area (Å²) in [6.07, 6.45) is 0. The first-order valence-electron chi connectivity index (χ1n) is 8.21. The summed E-state index contributed by atoms with van der Waals surface area (Å²) >= 11 is 5.78. The first-order chi connectivity index (χ1) is 13.8. The Kier molecular flexibility index (Phi) is 6.04. The molecule has 3 N–H and O–H groups in total. The SMILES string of the molecule is O=C(Nc1cccc(F)c1)Nc1ccc(F)cc1NC(=O)c1cc(Cl)ccc1F. The molecule has 0 saturated carbocycles. The molecule has 0 atom stereocenters. The minimum Gasteiger partial charge on any atom is -0.320 e. The molecule has 5 nitrogen and oxygen atoms in total. The molecule has 0 spiro atoms. The lowest BCUT2D eigenvalue weighted by Gasteiger charge is -2.14. The molecule has 148 valence electrons. The zero-order valence-electron chi connectivity index (χ0n) is 14.6. The van der Waals surface area contributed by atoms with Crippen LogP contribution < -0.4 is 16.0 Å². The van der Waals surface area contributed by atoms with E-state index >= 15 is 0 Å². The van der Waals surface area contributed by atoms with Gasteiger partial charge >= 0.3 is 6.03 Å². The Balaban J connectivity index is 1.79. The van der Waals surface area contributed by atoms with Crippen molar-refractivity contribution in [1.29, 1.82) is 0 Å². The number of rotatable bonds is 4. The van der Waals surface area contributed by atoms with Crippen molar-refractivity contribution in [2.24, 2.45) is 0 Å². The third kappa shape index (κ3) is 5.26. The van der Waals surface area contributed by atoms with Gasteiger partial charge in [0.05, 0.1) is 16.9 Å². The number of halogens is 4. The van der Waals surface area contributed by atoms with E-state index in [0.29, 0.717) is 0 Å². The quantitative estimate of drug-likeness (QED) is 0.511. The van der Waals surface area contributed by atoms with Crippen molar-refractivity contribution in [3.05, 3.63) is 88.7 Å². The number of carbonyl (C=O) groups is 2. The Morgan fingerprint density at radius 2 is 1.52 bits per heavy atom. The van der Waals surface area contributed by atoms with Gasteiger partial charge in [-0.15, -0.1) is 0 Å². The average molecular weight is 420 g/mol. The minimum absolute atomic E-state index is 0.0380. The summed E-state index contributed by atoms with van der Waals surface area (Å²) in [5.74, 6) is -2.94. The lowest BCUT2D eigenvalue weighted by Crippen LogP contribution is -2.21. The first-order valence-corrected chi connectivity index (χ1v) is 8.59. The highest BCUT2D eigenvalue weighted by Gasteiger charge is 2.16. The topological polar surface area (TPSA) is 70.2 Å². The summed E-state index contributed by atoms with van der Waals surface area (Å²) < 4.78 is 40.8. The van der Waals surface area contributed by atoms with Crippen molar-refractivity contribution < 1.29 is 22.8 Å². The van der Waals surface area contributed by atoms with Crippen LogP contribution in [0.3, 0.4) is 0 Å². The van der Waals surface area contributed by atoms with Gasteiger partial charge in [0.1, 0.15) is 17.5 Å². The van der Waals surface area contributed by atoms with Gasteiger partial charge in [-0.1, -0.05) is 17.7 Å². The Morgan fingerprint density at radius 1 is 0.759 bits per heavy atom. The van der Waals surface area contributed by atoms with Gasteiger partial charge in [0, 0.05) is 10.7 Å². The predicted octanol–water partition coefficient (Wildman–Crippen LogP) is 5.65. The van der Waals surface area contributed by atoms with Crippen molar-refractivity contribution in [3.8, 4) is 0 Å². The van der Waals surface area contributed by atoms with Gasteiger partial charge in [0.2, 0.25) is 0 Å². The van der Waals surface area contributed by atoms with Crippen LogP contribution >= 0.6 is 11.6 Å². The molecule has 0 unspecified atom stereocenters. The normalized spacial score (nSPS) is 10.3. The standard InChI is InChI=1S/C20H13ClF3N3O2/c21-11-4-6-16(24)15(8-11)19(28)26-18-10-13(23)5-7-17(18)27-20(29)25-14-3-1-2-12(22)9-14/h1-10H,(H,26,28)(H2,25,27,29). The fourth-order valence-electron chi connectivity index (χ4n) is 2.44. The lowest BCUT2D eigenvalue weighted by molar-refractivity contribution is 0.102. The van der Waals surface area contributed by atoms with Gasteiger partial charge in [0.25, 0.3) is 5.91 Å². The third-order valence-electron chi connectivity index (χ3n) is 3.73. The predicted molar refractivity (Wildman–Crippen MR) is 105 cm³/mol. The van der Waals surface area contributed by atoms with E-state index in [2.05, 4.69) is 16.0 Å². The van der Waals surface area contributed by atoms with Crippen molar-refractivity contribution in [1.82, 2.24) is 0 Å². The number of carbonyl (C=O) groups excluding carboxylic acids is 2. The fourth-order valence-corrected chi connectivity index (χ4v) is 2.61. The molecular formula is C20H13ClF3N3O2. The van der Waals surface area contributed by atoms with Gasteiger partial charge < -0.3 is 16.0 Å². The highest BCUT2D eigenvalue weighted by atomic mass is 35.5. The van der Waals surface area contributed by atoms with E-state index in [0.717, 1.165) is 30.3 Å². The van der Waals surface area contributed by atoms with Crippen molar-refractivity contribution >= 4 is 40.6 Å². The van der Waals surface area contributed by atoms with Crippen LogP contribution in [0, 0.1) is 17.5 Å². The van der Waals surface area contributed by atoms with Gasteiger partial charge in [-0.05, 0) is 54.6 Å². The summed E-state index contributed by atoms with van der Waals surface area (Å²) in [5.41, 5.74) is -0.229. The summed E-state index contributed by atoms with van der Waals surface area (Å²) in [6.45, 7) is 0. The Morgan fingerprint density at radius 3 is 2.28 bits per heavy atom. The summed E-state index contributed by atoms with van der Waals surface area (Å²) in [5, 5.41) is 7.29. The molecule has 0 aliphatic rings. The smallest absolute Gasteiger partial charge is 0.320 e. The zero-order valence-corrected chi connectivity index (χ0v) is 15.4. The summed E-state index contributed by atoms with van der Waals surface area (Å²) in [6, 6.07) is 11.1. The van der Waals surface area contributed by atoms with Crippen LogP contribution in [0.15, 0.2) is 60.7 Å². The molecule has 3 aromatic rings. The van der Waals surface area contributed by atoms with Gasteiger partial charge in [-0.3, -0.25) is 4.79 Å². The molecule has 0 heterocycles. The maximum Gasteiger partial charge on any atom is 0.323 e. The van der Waals surface area contributed by atoms with Crippen LogP contribution in [0.5, 0.6) is 0 Å². The number of benzene rings is 3. The number of nitrogens with one attached hydrogen (secondary N) is 3. The summed E-state index contributed by atoms with van der Waals surface area (Å²) in [4.78, 5) is 24.5. The fraction of sp³-hybridized carbons (Fsp3) is 0. The van der Waals surface area contributed by atoms with Gasteiger partial charge in [-0.2, -0.15) is 0 Å². The highest BCUT2D eigenvalue weighted by Crippen LogP contribution is 2.25. The maximum atomic E-state index is 13.9. The molecule has 0 aliphatic heterocycles. The number of urea groups is 1. The molecule has 3 amide bonds. The molecule has 29 heavy (non-hydrogen) atoms. The lowest BCUT2D eigenvalue weighted by atomic mass is 10.2. The van der Waals surface area contributed by atoms with E-state index in [1.807, 2.05) is 0 Å². The van der Waals surface area contributed by atoms with E-state index in [1.54, 1.807) is 0 Å². The molecule has 0 aliphatic carbocycles. The molecular weight excluding hydrogens is 407 g/mol. The number of amides is 3. The molecule has 3 rings (SSSR count). The van der Waals surface area contributed by atoms with Crippen molar-refractivity contribution in [3.63, 3.8) is 0 Å². The highest BCUT2D eigenvalue weighted by molar-refractivity contribution is 6.31. The van der Waals surface area contributed by atoms with Crippen molar-refractivity contribution in [2.75, 3.05) is 16.0 Å². The second-order valence-corrected chi connectivity index (χ2v) is 6.29. The van der Waals surface area contributed by atoms with Crippen LogP contribution in [-0.2, 0) is 0 Å². The molecule has 0 saturated heterocycles. The first kappa shape index (κ1) is 20.2. The zero-order chi connectivity index (χ0) is 21.0. The molecule has 9 heteroatoms. The van der Waals surface area contributed by atoms with E-state index < -0.39 is 29.4 Å². The van der Waals surface area contributed by atoms with E-state index in [9.17, 15) is 22.8 Å². The summed E-state index contributed by atoms with van der Waals surface area (Å²) in [7, 11) is 0.